The Morgan fingerprint density at radius 2 is 1.04 bits per heavy atom. The Labute approximate surface area is 129 Å². The van der Waals surface area contributed by atoms with E-state index in [4.69, 9.17) is 4.55 Å². The highest BCUT2D eigenvalue weighted by Crippen LogP contribution is 2.41. The molecule has 23 heavy (non-hydrogen) atoms. The Hall–Kier alpha value is -0.620. The maximum atomic E-state index is 13.0. The zero-order valence-corrected chi connectivity index (χ0v) is 13.0. The number of hydrogen-bond acceptors (Lipinski definition) is 3. The van der Waals surface area contributed by atoms with Gasteiger partial charge in [-0.1, -0.05) is 25.7 Å². The molecule has 0 saturated heterocycles. The first-order valence-corrected chi connectivity index (χ1v) is 7.94. The number of hydrogen-bond donors (Lipinski definition) is 2. The Bertz CT molecular complexity index is 437. The molecule has 0 aliphatic carbocycles. The van der Waals surface area contributed by atoms with Crippen LogP contribution in [0.2, 0.25) is 0 Å². The lowest BCUT2D eigenvalue weighted by Gasteiger charge is -2.23. The van der Waals surface area contributed by atoms with Crippen LogP contribution in [0.4, 0.5) is 30.7 Å². The van der Waals surface area contributed by atoms with Crippen molar-refractivity contribution in [3.63, 3.8) is 0 Å². The van der Waals surface area contributed by atoms with Crippen molar-refractivity contribution in [3.8, 4) is 0 Å². The molecule has 0 aliphatic rings. The molecule has 0 rings (SSSR count). The molecule has 0 aromatic carbocycles. The molecular formula is C11H20F7NO3S. The van der Waals surface area contributed by atoms with Gasteiger partial charge >= 0.3 is 27.5 Å². The third-order valence-corrected chi connectivity index (χ3v) is 3.90. The topological polar surface area (TPSA) is 89.4 Å². The first kappa shape index (κ1) is 24.6. The molecule has 0 bridgehead atoms. The van der Waals surface area contributed by atoms with E-state index < -0.39 is 46.7 Å². The lowest BCUT2D eigenvalue weighted by Crippen LogP contribution is -2.46. The molecule has 0 heterocycles. The van der Waals surface area contributed by atoms with Gasteiger partial charge in [0, 0.05) is 12.8 Å². The summed E-state index contributed by atoms with van der Waals surface area (Å²) < 4.78 is 116. The third kappa shape index (κ3) is 8.70. The van der Waals surface area contributed by atoms with E-state index in [1.54, 1.807) is 0 Å². The maximum Gasteiger partial charge on any atom is 0.431 e. The van der Waals surface area contributed by atoms with Crippen LogP contribution in [0.15, 0.2) is 0 Å². The van der Waals surface area contributed by atoms with Crippen LogP contribution < -0.4 is 6.15 Å². The zero-order chi connectivity index (χ0) is 17.7. The third-order valence-electron chi connectivity index (χ3n) is 2.95. The fraction of sp³-hybridized carbons (Fsp3) is 1.00. The molecule has 0 fully saturated rings. The molecular weight excluding hydrogens is 359 g/mol. The highest BCUT2D eigenvalue weighted by atomic mass is 32.2. The van der Waals surface area contributed by atoms with E-state index >= 15 is 0 Å². The second-order valence-corrected chi connectivity index (χ2v) is 6.40. The SMILES string of the molecule is N.O=S(=O)(O)C(F)(F)C(F)(F)CCCCCCCCC(F)(F)F. The first-order chi connectivity index (χ1) is 9.71. The Balaban J connectivity index is 0. The Morgan fingerprint density at radius 1 is 0.696 bits per heavy atom. The molecule has 4 N–H and O–H groups in total. The predicted molar refractivity (Wildman–Crippen MR) is 69.5 cm³/mol. The lowest BCUT2D eigenvalue weighted by molar-refractivity contribution is -0.164. The Kier molecular flexibility index (Phi) is 9.66. The van der Waals surface area contributed by atoms with Gasteiger partial charge in [0.2, 0.25) is 0 Å². The normalized spacial score (nSPS) is 13.7. The summed E-state index contributed by atoms with van der Waals surface area (Å²) in [5, 5.41) is -5.56. The minimum Gasteiger partial charge on any atom is -0.344 e. The summed E-state index contributed by atoms with van der Waals surface area (Å²) >= 11 is 0. The van der Waals surface area contributed by atoms with Crippen LogP contribution in [-0.2, 0) is 10.1 Å². The zero-order valence-electron chi connectivity index (χ0n) is 12.2. The quantitative estimate of drug-likeness (QED) is 0.319. The molecule has 0 spiro atoms. The van der Waals surface area contributed by atoms with E-state index in [1.807, 2.05) is 0 Å². The van der Waals surface area contributed by atoms with Crippen molar-refractivity contribution in [2.75, 3.05) is 0 Å². The predicted octanol–water partition coefficient (Wildman–Crippen LogP) is 4.95. The van der Waals surface area contributed by atoms with E-state index in [2.05, 4.69) is 0 Å². The van der Waals surface area contributed by atoms with E-state index in [1.165, 1.54) is 0 Å². The lowest BCUT2D eigenvalue weighted by atomic mass is 10.1. The van der Waals surface area contributed by atoms with Gasteiger partial charge in [-0.25, -0.2) is 0 Å². The monoisotopic (exact) mass is 379 g/mol. The molecule has 0 unspecified atom stereocenters. The van der Waals surface area contributed by atoms with Gasteiger partial charge in [0.1, 0.15) is 0 Å². The van der Waals surface area contributed by atoms with Crippen molar-refractivity contribution in [2.45, 2.75) is 68.7 Å². The standard InChI is InChI=1S/C11H17F7O3S.H3N/c12-9(13,11(17,18)22(19,20)21)7-5-3-1-2-4-6-8-10(14,15)16;/h1-8H2,(H,19,20,21);1H3. The Morgan fingerprint density at radius 3 is 1.39 bits per heavy atom. The number of halogens is 7. The molecule has 0 radical (unpaired) electrons. The van der Waals surface area contributed by atoms with Crippen LogP contribution in [0, 0.1) is 0 Å². The summed E-state index contributed by atoms with van der Waals surface area (Å²) in [6, 6.07) is 0. The molecule has 4 nitrogen and oxygen atoms in total. The highest BCUT2D eigenvalue weighted by molar-refractivity contribution is 7.87. The highest BCUT2D eigenvalue weighted by Gasteiger charge is 2.64. The van der Waals surface area contributed by atoms with Gasteiger partial charge in [0.05, 0.1) is 0 Å². The van der Waals surface area contributed by atoms with Gasteiger partial charge < -0.3 is 6.15 Å². The van der Waals surface area contributed by atoms with Crippen LogP contribution in [0.3, 0.4) is 0 Å². The molecule has 0 aromatic rings. The second kappa shape index (κ2) is 9.02. The van der Waals surface area contributed by atoms with Crippen LogP contribution in [0.5, 0.6) is 0 Å². The fourth-order valence-corrected chi connectivity index (χ4v) is 2.19. The van der Waals surface area contributed by atoms with Crippen molar-refractivity contribution >= 4 is 10.1 Å². The molecule has 0 aromatic heterocycles. The smallest absolute Gasteiger partial charge is 0.344 e. The van der Waals surface area contributed by atoms with Gasteiger partial charge in [-0.05, 0) is 12.8 Å². The van der Waals surface area contributed by atoms with Crippen LogP contribution in [0.25, 0.3) is 0 Å². The van der Waals surface area contributed by atoms with Crippen molar-refractivity contribution < 1.29 is 43.7 Å². The largest absolute Gasteiger partial charge is 0.431 e. The molecule has 142 valence electrons. The minimum absolute atomic E-state index is 0. The van der Waals surface area contributed by atoms with Crippen molar-refractivity contribution in [3.05, 3.63) is 0 Å². The number of rotatable bonds is 10. The van der Waals surface area contributed by atoms with Gasteiger partial charge in [0.25, 0.3) is 0 Å². The molecule has 0 amide bonds. The summed E-state index contributed by atoms with van der Waals surface area (Å²) in [7, 11) is -6.22. The van der Waals surface area contributed by atoms with Gasteiger partial charge in [-0.2, -0.15) is 39.2 Å². The first-order valence-electron chi connectivity index (χ1n) is 6.50. The number of unbranched alkanes of at least 4 members (excludes halogenated alkanes) is 5. The fourth-order valence-electron chi connectivity index (χ4n) is 1.71. The van der Waals surface area contributed by atoms with E-state index in [9.17, 15) is 39.2 Å². The molecule has 12 heteroatoms. The summed E-state index contributed by atoms with van der Waals surface area (Å²) in [5.74, 6) is -4.91. The molecule has 0 aliphatic heterocycles. The van der Waals surface area contributed by atoms with Crippen LogP contribution >= 0.6 is 0 Å². The maximum absolute atomic E-state index is 13.0. The number of alkyl halides is 7. The molecule has 0 saturated carbocycles. The molecule has 0 atom stereocenters. The average molecular weight is 379 g/mol. The van der Waals surface area contributed by atoms with Gasteiger partial charge in [0.15, 0.2) is 0 Å². The average Bonchev–Trinajstić information content (AvgIpc) is 2.29. The van der Waals surface area contributed by atoms with Crippen molar-refractivity contribution in [1.82, 2.24) is 6.15 Å². The van der Waals surface area contributed by atoms with Crippen LogP contribution in [-0.4, -0.2) is 30.3 Å². The van der Waals surface area contributed by atoms with E-state index in [-0.39, 0.29) is 31.8 Å². The summed E-state index contributed by atoms with van der Waals surface area (Å²) in [5.41, 5.74) is 0. The van der Waals surface area contributed by atoms with Crippen LogP contribution in [0.1, 0.15) is 51.4 Å². The summed E-state index contributed by atoms with van der Waals surface area (Å²) in [4.78, 5) is 0. The van der Waals surface area contributed by atoms with E-state index in [0.717, 1.165) is 0 Å². The van der Waals surface area contributed by atoms with Crippen molar-refractivity contribution in [2.24, 2.45) is 0 Å². The second-order valence-electron chi connectivity index (χ2n) is 4.93. The summed E-state index contributed by atoms with van der Waals surface area (Å²) in [6.07, 6.45) is -6.28. The van der Waals surface area contributed by atoms with E-state index in [0.29, 0.717) is 6.42 Å². The minimum atomic E-state index is -6.22. The summed E-state index contributed by atoms with van der Waals surface area (Å²) in [6.45, 7) is 0. The van der Waals surface area contributed by atoms with Gasteiger partial charge in [-0.3, -0.25) is 4.55 Å². The van der Waals surface area contributed by atoms with Gasteiger partial charge in [-0.15, -0.1) is 0 Å². The van der Waals surface area contributed by atoms with Crippen molar-refractivity contribution in [1.29, 1.82) is 0 Å².